The number of hydrogen-bond acceptors (Lipinski definition) is 7. The minimum Gasteiger partial charge on any atom is -0.327 e. The summed E-state index contributed by atoms with van der Waals surface area (Å²) in [7, 11) is 0. The molecule has 0 spiro atoms. The highest BCUT2D eigenvalue weighted by Crippen LogP contribution is 2.30. The molecule has 0 radical (unpaired) electrons. The third kappa shape index (κ3) is 4.59. The quantitative estimate of drug-likeness (QED) is 0.163. The molecular formula is C23H21F2N5OS2. The smallest absolute Gasteiger partial charge is 0.217 e. The van der Waals surface area contributed by atoms with Crippen molar-refractivity contribution in [3.05, 3.63) is 71.1 Å². The predicted molar refractivity (Wildman–Crippen MR) is 130 cm³/mol. The fraction of sp³-hybridized carbons (Fsp3) is 0.174. The number of benzene rings is 2. The lowest BCUT2D eigenvalue weighted by atomic mass is 10.0. The summed E-state index contributed by atoms with van der Waals surface area (Å²) in [6.07, 6.45) is 2.52. The Labute approximate surface area is 198 Å². The lowest BCUT2D eigenvalue weighted by molar-refractivity contribution is 0.102. The number of pyridine rings is 1. The molecule has 4 rings (SSSR count). The summed E-state index contributed by atoms with van der Waals surface area (Å²) in [5, 5.41) is 12.7. The second kappa shape index (κ2) is 9.90. The Hall–Kier alpha value is -2.95. The van der Waals surface area contributed by atoms with Gasteiger partial charge in [-0.25, -0.2) is 13.8 Å². The molecule has 0 saturated carbocycles. The van der Waals surface area contributed by atoms with E-state index in [1.165, 1.54) is 18.0 Å². The van der Waals surface area contributed by atoms with Crippen LogP contribution in [0.15, 0.2) is 47.5 Å². The molecule has 0 aliphatic heterocycles. The summed E-state index contributed by atoms with van der Waals surface area (Å²) in [5.74, 6) is -1.98. The zero-order chi connectivity index (χ0) is 23.5. The number of ketones is 1. The van der Waals surface area contributed by atoms with E-state index in [4.69, 9.17) is 5.14 Å². The normalized spacial score (nSPS) is 11.2. The summed E-state index contributed by atoms with van der Waals surface area (Å²) >= 11 is 2.45. The van der Waals surface area contributed by atoms with Gasteiger partial charge in [0.1, 0.15) is 11.5 Å². The highest BCUT2D eigenvalue weighted by Gasteiger charge is 2.25. The number of carbonyl (C=O) groups excluding carboxylic acids is 1. The largest absolute Gasteiger partial charge is 0.327 e. The van der Waals surface area contributed by atoms with E-state index in [9.17, 15) is 9.18 Å². The monoisotopic (exact) mass is 485 g/mol. The summed E-state index contributed by atoms with van der Waals surface area (Å²) in [5.41, 5.74) is 2.26. The number of aryl methyl sites for hydroxylation is 1. The van der Waals surface area contributed by atoms with Crippen molar-refractivity contribution in [3.8, 4) is 11.1 Å². The molecule has 4 N–H and O–H groups in total. The maximum Gasteiger partial charge on any atom is 0.217 e. The van der Waals surface area contributed by atoms with E-state index in [1.807, 2.05) is 32.0 Å². The Bertz CT molecular complexity index is 1340. The fourth-order valence-corrected chi connectivity index (χ4v) is 4.40. The predicted octanol–water partition coefficient (Wildman–Crippen LogP) is 5.88. The van der Waals surface area contributed by atoms with Gasteiger partial charge in [-0.3, -0.25) is 15.0 Å². The van der Waals surface area contributed by atoms with Crippen molar-refractivity contribution in [2.24, 2.45) is 5.14 Å². The minimum atomic E-state index is -0.944. The zero-order valence-corrected chi connectivity index (χ0v) is 19.5. The highest BCUT2D eigenvalue weighted by atomic mass is 32.2. The van der Waals surface area contributed by atoms with Crippen LogP contribution < -0.4 is 9.86 Å². The molecule has 0 saturated heterocycles. The molecule has 0 amide bonds. The summed E-state index contributed by atoms with van der Waals surface area (Å²) < 4.78 is 32.5. The van der Waals surface area contributed by atoms with E-state index in [1.54, 1.807) is 12.3 Å². The van der Waals surface area contributed by atoms with Gasteiger partial charge in [-0.2, -0.15) is 5.10 Å². The maximum atomic E-state index is 15.1. The molecule has 0 atom stereocenters. The molecule has 0 aliphatic rings. The Morgan fingerprint density at radius 2 is 2.00 bits per heavy atom. The number of fused-ring (bicyclic) bond motifs is 1. The van der Waals surface area contributed by atoms with Gasteiger partial charge in [0, 0.05) is 22.4 Å². The number of nitrogens with one attached hydrogen (secondary N) is 2. The van der Waals surface area contributed by atoms with Gasteiger partial charge in [0.05, 0.1) is 16.6 Å². The first-order valence-electron chi connectivity index (χ1n) is 10.2. The number of halogens is 2. The van der Waals surface area contributed by atoms with E-state index >= 15 is 4.39 Å². The van der Waals surface area contributed by atoms with Crippen LogP contribution in [0.4, 0.5) is 14.5 Å². The minimum absolute atomic E-state index is 0.0265. The lowest BCUT2D eigenvalue weighted by Crippen LogP contribution is -2.10. The van der Waals surface area contributed by atoms with E-state index in [-0.39, 0.29) is 17.0 Å². The van der Waals surface area contributed by atoms with E-state index in [0.717, 1.165) is 51.8 Å². The third-order valence-electron chi connectivity index (χ3n) is 5.08. The average molecular weight is 486 g/mol. The van der Waals surface area contributed by atoms with Gasteiger partial charge in [-0.15, -0.1) is 0 Å². The third-order valence-corrected chi connectivity index (χ3v) is 6.77. The van der Waals surface area contributed by atoms with Gasteiger partial charge < -0.3 is 4.72 Å². The molecule has 33 heavy (non-hydrogen) atoms. The summed E-state index contributed by atoms with van der Waals surface area (Å²) in [4.78, 5) is 18.5. The molecule has 2 heterocycles. The molecule has 2 aromatic carbocycles. The van der Waals surface area contributed by atoms with Crippen molar-refractivity contribution in [2.75, 3.05) is 10.5 Å². The molecular weight excluding hydrogens is 464 g/mol. The molecule has 4 aromatic rings. The average Bonchev–Trinajstić information content (AvgIpc) is 3.24. The number of hydrogen-bond donors (Lipinski definition) is 3. The Morgan fingerprint density at radius 3 is 2.73 bits per heavy atom. The summed E-state index contributed by atoms with van der Waals surface area (Å²) in [6, 6.07) is 9.85. The second-order valence-electron chi connectivity index (χ2n) is 7.36. The number of aromatic nitrogens is 3. The van der Waals surface area contributed by atoms with Crippen molar-refractivity contribution in [1.82, 2.24) is 15.2 Å². The first-order chi connectivity index (χ1) is 15.9. The summed E-state index contributed by atoms with van der Waals surface area (Å²) in [6.45, 7) is 3.94. The van der Waals surface area contributed by atoms with Crippen molar-refractivity contribution < 1.29 is 13.6 Å². The highest BCUT2D eigenvalue weighted by molar-refractivity contribution is 8.00. The molecule has 6 nitrogen and oxygen atoms in total. The van der Waals surface area contributed by atoms with E-state index < -0.39 is 23.0 Å². The van der Waals surface area contributed by atoms with Gasteiger partial charge in [0.25, 0.3) is 0 Å². The Balaban J connectivity index is 1.75. The number of nitrogens with two attached hydrogens (primary N) is 1. The van der Waals surface area contributed by atoms with E-state index in [0.29, 0.717) is 5.39 Å². The molecule has 0 unspecified atom stereocenters. The number of nitrogens with zero attached hydrogens (tertiary/aromatic N) is 2. The lowest BCUT2D eigenvalue weighted by Gasteiger charge is -2.10. The van der Waals surface area contributed by atoms with Crippen molar-refractivity contribution in [2.45, 2.75) is 25.2 Å². The second-order valence-corrected chi connectivity index (χ2v) is 8.93. The van der Waals surface area contributed by atoms with Crippen LogP contribution in [-0.2, 0) is 0 Å². The van der Waals surface area contributed by atoms with Crippen LogP contribution in [0.25, 0.3) is 22.2 Å². The molecule has 2 aromatic heterocycles. The van der Waals surface area contributed by atoms with Crippen LogP contribution in [0.5, 0.6) is 0 Å². The van der Waals surface area contributed by atoms with Gasteiger partial charge >= 0.3 is 0 Å². The Kier molecular flexibility index (Phi) is 6.96. The number of aromatic amines is 1. The first kappa shape index (κ1) is 23.2. The van der Waals surface area contributed by atoms with Crippen molar-refractivity contribution in [1.29, 1.82) is 0 Å². The first-order valence-corrected chi connectivity index (χ1v) is 12.0. The number of anilines is 1. The van der Waals surface area contributed by atoms with Crippen molar-refractivity contribution in [3.63, 3.8) is 0 Å². The molecule has 0 bridgehead atoms. The van der Waals surface area contributed by atoms with Crippen LogP contribution in [0.2, 0.25) is 0 Å². The van der Waals surface area contributed by atoms with Gasteiger partial charge in [-0.1, -0.05) is 31.0 Å². The topological polar surface area (TPSA) is 96.7 Å². The van der Waals surface area contributed by atoms with Gasteiger partial charge in [0.15, 0.2) is 11.5 Å². The van der Waals surface area contributed by atoms with Gasteiger partial charge in [0.2, 0.25) is 5.78 Å². The van der Waals surface area contributed by atoms with E-state index in [2.05, 4.69) is 19.9 Å². The Morgan fingerprint density at radius 1 is 1.18 bits per heavy atom. The van der Waals surface area contributed by atoms with Crippen LogP contribution in [-0.4, -0.2) is 26.7 Å². The number of H-pyrrole nitrogens is 1. The maximum absolute atomic E-state index is 15.1. The molecule has 170 valence electrons. The standard InChI is InChI=1S/C23H21F2N5OS2/c1-3-8-32-30-17-6-5-16(24)19(20(17)25)22(31)21-15-10-14(11-27-23(15)29-28-21)13-4-7-18(33-26)12(2)9-13/h4-7,9-11,30H,3,8,26H2,1-2H3,(H,27,28,29). The van der Waals surface area contributed by atoms with Crippen LogP contribution in [0.3, 0.4) is 0 Å². The molecule has 10 heteroatoms. The van der Waals surface area contributed by atoms with Gasteiger partial charge in [-0.05, 0) is 60.7 Å². The number of carbonyl (C=O) groups is 1. The fourth-order valence-electron chi connectivity index (χ4n) is 3.39. The molecule has 0 fully saturated rings. The molecule has 0 aliphatic carbocycles. The van der Waals surface area contributed by atoms with Crippen LogP contribution in [0.1, 0.15) is 35.0 Å². The van der Waals surface area contributed by atoms with Crippen LogP contribution in [0, 0.1) is 18.6 Å². The zero-order valence-electron chi connectivity index (χ0n) is 17.9. The SMILES string of the molecule is CCCSNc1ccc(F)c(C(=O)c2[nH]nc3ncc(-c4ccc(SN)c(C)c4)cc23)c1F. The number of rotatable bonds is 8. The van der Waals surface area contributed by atoms with Crippen molar-refractivity contribution >= 4 is 46.4 Å². The van der Waals surface area contributed by atoms with Crippen LogP contribution >= 0.6 is 23.9 Å².